The number of halogens is 3. The fourth-order valence-corrected chi connectivity index (χ4v) is 4.29. The lowest BCUT2D eigenvalue weighted by Crippen LogP contribution is -2.04. The first-order valence-electron chi connectivity index (χ1n) is 10.4. The van der Waals surface area contributed by atoms with Crippen LogP contribution in [0.3, 0.4) is 0 Å². The van der Waals surface area contributed by atoms with Crippen molar-refractivity contribution in [3.63, 3.8) is 0 Å². The highest BCUT2D eigenvalue weighted by atomic mass is 35.5. The Bertz CT molecular complexity index is 1480. The van der Waals surface area contributed by atoms with Crippen molar-refractivity contribution < 1.29 is 19.0 Å². The first-order valence-corrected chi connectivity index (χ1v) is 11.6. The van der Waals surface area contributed by atoms with Crippen LogP contribution in [-0.2, 0) is 9.53 Å². The van der Waals surface area contributed by atoms with E-state index in [0.717, 1.165) is 5.56 Å². The quantitative estimate of drug-likeness (QED) is 0.208. The van der Waals surface area contributed by atoms with Crippen LogP contribution < -0.4 is 9.47 Å². The molecule has 35 heavy (non-hydrogen) atoms. The van der Waals surface area contributed by atoms with E-state index in [9.17, 15) is 4.79 Å². The molecule has 6 nitrogen and oxygen atoms in total. The summed E-state index contributed by atoms with van der Waals surface area (Å²) in [5, 5.41) is 6.20. The van der Waals surface area contributed by atoms with Crippen LogP contribution in [0.25, 0.3) is 28.6 Å². The van der Waals surface area contributed by atoms with Crippen molar-refractivity contribution >= 4 is 52.4 Å². The van der Waals surface area contributed by atoms with Gasteiger partial charge in [0.25, 0.3) is 0 Å². The fourth-order valence-electron chi connectivity index (χ4n) is 3.74. The molecule has 176 valence electrons. The largest absolute Gasteiger partial charge is 0.465 e. The summed E-state index contributed by atoms with van der Waals surface area (Å²) < 4.78 is 17.7. The maximum absolute atomic E-state index is 12.6. The summed E-state index contributed by atoms with van der Waals surface area (Å²) in [6.07, 6.45) is 1.64. The van der Waals surface area contributed by atoms with E-state index < -0.39 is 5.97 Å². The average molecular weight is 528 g/mol. The number of rotatable bonds is 5. The van der Waals surface area contributed by atoms with Gasteiger partial charge in [-0.25, -0.2) is 9.48 Å². The first kappa shape index (κ1) is 23.3. The summed E-state index contributed by atoms with van der Waals surface area (Å²) in [6, 6.07) is 19.5. The lowest BCUT2D eigenvalue weighted by atomic mass is 10.0. The van der Waals surface area contributed by atoms with E-state index in [1.165, 1.54) is 7.11 Å². The topological polar surface area (TPSA) is 62.6 Å². The van der Waals surface area contributed by atoms with Crippen LogP contribution in [-0.4, -0.2) is 29.7 Å². The highest BCUT2D eigenvalue weighted by Gasteiger charge is 2.20. The van der Waals surface area contributed by atoms with E-state index in [-0.39, 0.29) is 6.79 Å². The minimum Gasteiger partial charge on any atom is -0.465 e. The van der Waals surface area contributed by atoms with Gasteiger partial charge in [-0.15, -0.1) is 0 Å². The highest BCUT2D eigenvalue weighted by molar-refractivity contribution is 6.34. The number of hydrogen-bond donors (Lipinski definition) is 0. The molecule has 9 heteroatoms. The number of aromatic nitrogens is 2. The minimum absolute atomic E-state index is 0.161. The Hall–Kier alpha value is -3.45. The van der Waals surface area contributed by atoms with Crippen molar-refractivity contribution in [2.75, 3.05) is 13.9 Å². The maximum atomic E-state index is 12.6. The predicted octanol–water partition coefficient (Wildman–Crippen LogP) is 6.94. The van der Waals surface area contributed by atoms with E-state index in [1.54, 1.807) is 53.2 Å². The van der Waals surface area contributed by atoms with Gasteiger partial charge in [0.15, 0.2) is 11.5 Å². The maximum Gasteiger partial charge on any atom is 0.338 e. The zero-order chi connectivity index (χ0) is 24.5. The van der Waals surface area contributed by atoms with Gasteiger partial charge in [0.2, 0.25) is 6.79 Å². The van der Waals surface area contributed by atoms with Gasteiger partial charge in [0, 0.05) is 15.6 Å². The number of nitrogens with zero attached hydrogens (tertiary/aromatic N) is 2. The van der Waals surface area contributed by atoms with Gasteiger partial charge in [-0.3, -0.25) is 0 Å². The summed E-state index contributed by atoms with van der Waals surface area (Å²) >= 11 is 18.9. The molecule has 0 aliphatic carbocycles. The average Bonchev–Trinajstić information content (AvgIpc) is 3.50. The van der Waals surface area contributed by atoms with E-state index >= 15 is 0 Å². The zero-order valence-corrected chi connectivity index (χ0v) is 20.6. The molecule has 3 aromatic carbocycles. The van der Waals surface area contributed by atoms with E-state index in [1.807, 2.05) is 24.3 Å². The van der Waals surface area contributed by atoms with Gasteiger partial charge in [-0.05, 0) is 66.2 Å². The molecule has 1 aliphatic rings. The molecular weight excluding hydrogens is 511 g/mol. The number of benzene rings is 3. The summed E-state index contributed by atoms with van der Waals surface area (Å²) in [4.78, 5) is 12.6. The van der Waals surface area contributed by atoms with Crippen LogP contribution in [0, 0.1) is 0 Å². The third kappa shape index (κ3) is 4.73. The van der Waals surface area contributed by atoms with Crippen molar-refractivity contribution in [2.24, 2.45) is 0 Å². The van der Waals surface area contributed by atoms with Crippen molar-refractivity contribution in [3.05, 3.63) is 93.1 Å². The van der Waals surface area contributed by atoms with Gasteiger partial charge in [0.05, 0.1) is 34.8 Å². The Morgan fingerprint density at radius 3 is 2.57 bits per heavy atom. The predicted molar refractivity (Wildman–Crippen MR) is 136 cm³/mol. The molecule has 0 radical (unpaired) electrons. The number of hydrogen-bond acceptors (Lipinski definition) is 5. The summed E-state index contributed by atoms with van der Waals surface area (Å²) in [5.74, 6) is 0.764. The van der Waals surface area contributed by atoms with Crippen LogP contribution >= 0.6 is 34.8 Å². The first-order chi connectivity index (χ1) is 16.9. The molecule has 5 rings (SSSR count). The molecule has 0 amide bonds. The monoisotopic (exact) mass is 526 g/mol. The van der Waals surface area contributed by atoms with Crippen LogP contribution in [0.5, 0.6) is 11.5 Å². The van der Waals surface area contributed by atoms with Gasteiger partial charge < -0.3 is 14.2 Å². The number of carbonyl (C=O) groups excluding carboxylic acids is 1. The standard InChI is InChI=1S/C26H17Cl3N2O4/c1-33-26(32)20(15-3-2-4-17(27)9-15)12-19-13-22(16-5-8-24-25(10-16)35-14-34-24)31(30-19)23-11-18(28)6-7-21(23)29/h2-13H,14H2,1H3/b20-12-. The molecule has 0 N–H and O–H groups in total. The SMILES string of the molecule is COC(=O)/C(=C\c1cc(-c2ccc3c(c2)OCO3)n(-c2cc(Cl)ccc2Cl)n1)c1cccc(Cl)c1. The van der Waals surface area contributed by atoms with Crippen molar-refractivity contribution in [1.82, 2.24) is 9.78 Å². The number of esters is 1. The molecule has 2 heterocycles. The normalized spacial score (nSPS) is 12.6. The van der Waals surface area contributed by atoms with Crippen molar-refractivity contribution in [2.45, 2.75) is 0 Å². The Labute approximate surface area is 216 Å². The van der Waals surface area contributed by atoms with E-state index in [4.69, 9.17) is 54.1 Å². The molecular formula is C26H17Cl3N2O4. The molecule has 0 saturated carbocycles. The lowest BCUT2D eigenvalue weighted by Gasteiger charge is -2.10. The molecule has 4 aromatic rings. The molecule has 0 atom stereocenters. The Morgan fingerprint density at radius 1 is 0.971 bits per heavy atom. The summed E-state index contributed by atoms with van der Waals surface area (Å²) in [6.45, 7) is 0.161. The molecule has 0 spiro atoms. The summed E-state index contributed by atoms with van der Waals surface area (Å²) in [7, 11) is 1.32. The second kappa shape index (κ2) is 9.66. The van der Waals surface area contributed by atoms with Gasteiger partial charge in [-0.1, -0.05) is 46.9 Å². The molecule has 1 aromatic heterocycles. The smallest absolute Gasteiger partial charge is 0.338 e. The van der Waals surface area contributed by atoms with Crippen LogP contribution in [0.2, 0.25) is 15.1 Å². The Morgan fingerprint density at radius 2 is 1.77 bits per heavy atom. The third-order valence-electron chi connectivity index (χ3n) is 5.37. The molecule has 1 aliphatic heterocycles. The molecule has 0 saturated heterocycles. The number of fused-ring (bicyclic) bond motifs is 1. The molecule has 0 bridgehead atoms. The number of ether oxygens (including phenoxy) is 3. The second-order valence-electron chi connectivity index (χ2n) is 7.59. The van der Waals surface area contributed by atoms with E-state index in [2.05, 4.69) is 0 Å². The minimum atomic E-state index is -0.521. The molecule has 0 unspecified atom stereocenters. The number of methoxy groups -OCH3 is 1. The van der Waals surface area contributed by atoms with Crippen LogP contribution in [0.4, 0.5) is 0 Å². The summed E-state index contributed by atoms with van der Waals surface area (Å²) in [5.41, 5.74) is 3.48. The van der Waals surface area contributed by atoms with Crippen LogP contribution in [0.15, 0.2) is 66.7 Å². The second-order valence-corrected chi connectivity index (χ2v) is 8.87. The Kier molecular flexibility index (Phi) is 6.43. The highest BCUT2D eigenvalue weighted by Crippen LogP contribution is 2.38. The third-order valence-corrected chi connectivity index (χ3v) is 6.16. The van der Waals surface area contributed by atoms with Gasteiger partial charge >= 0.3 is 5.97 Å². The lowest BCUT2D eigenvalue weighted by molar-refractivity contribution is -0.133. The van der Waals surface area contributed by atoms with Crippen molar-refractivity contribution in [1.29, 1.82) is 0 Å². The number of carbonyl (C=O) groups is 1. The Balaban J connectivity index is 1.70. The van der Waals surface area contributed by atoms with E-state index in [0.29, 0.717) is 54.8 Å². The van der Waals surface area contributed by atoms with Gasteiger partial charge in [0.1, 0.15) is 0 Å². The van der Waals surface area contributed by atoms with Crippen molar-refractivity contribution in [3.8, 4) is 28.4 Å². The molecule has 0 fully saturated rings. The van der Waals surface area contributed by atoms with Gasteiger partial charge in [-0.2, -0.15) is 5.10 Å². The fraction of sp³-hybridized carbons (Fsp3) is 0.0769. The zero-order valence-electron chi connectivity index (χ0n) is 18.3. The van der Waals surface area contributed by atoms with Crippen LogP contribution in [0.1, 0.15) is 11.3 Å².